The lowest BCUT2D eigenvalue weighted by atomic mass is 10.2. The van der Waals surface area contributed by atoms with E-state index >= 15 is 0 Å². The molecule has 1 aromatic carbocycles. The summed E-state index contributed by atoms with van der Waals surface area (Å²) >= 11 is 0. The summed E-state index contributed by atoms with van der Waals surface area (Å²) in [5.74, 6) is 0.463. The average Bonchev–Trinajstić information content (AvgIpc) is 2.35. The first-order chi connectivity index (χ1) is 8.52. The summed E-state index contributed by atoms with van der Waals surface area (Å²) in [5, 5.41) is 0. The summed E-state index contributed by atoms with van der Waals surface area (Å²) in [5.41, 5.74) is 0.986. The summed E-state index contributed by atoms with van der Waals surface area (Å²) in [6, 6.07) is 7.52. The molecule has 0 aromatic heterocycles. The maximum absolute atomic E-state index is 11.5. The molecule has 0 bridgehead atoms. The minimum Gasteiger partial charge on any atom is -0.497 e. The normalized spacial score (nSPS) is 12.3. The molecule has 1 aromatic rings. The smallest absolute Gasteiger partial charge is 0.335 e. The molecule has 4 nitrogen and oxygen atoms in total. The second-order valence-corrected chi connectivity index (χ2v) is 4.29. The van der Waals surface area contributed by atoms with Gasteiger partial charge in [0.25, 0.3) is 0 Å². The van der Waals surface area contributed by atoms with Crippen molar-refractivity contribution in [2.75, 3.05) is 7.11 Å². The van der Waals surface area contributed by atoms with Crippen LogP contribution in [0.1, 0.15) is 26.3 Å². The predicted molar refractivity (Wildman–Crippen MR) is 68.5 cm³/mol. The lowest BCUT2D eigenvalue weighted by molar-refractivity contribution is -0.160. The molecular formula is C14H20O4. The van der Waals surface area contributed by atoms with Gasteiger partial charge >= 0.3 is 5.97 Å². The van der Waals surface area contributed by atoms with Gasteiger partial charge in [-0.05, 0) is 38.5 Å². The molecule has 0 fully saturated rings. The quantitative estimate of drug-likeness (QED) is 0.730. The van der Waals surface area contributed by atoms with Crippen molar-refractivity contribution < 1.29 is 19.0 Å². The Morgan fingerprint density at radius 1 is 1.17 bits per heavy atom. The van der Waals surface area contributed by atoms with Gasteiger partial charge in [-0.15, -0.1) is 0 Å². The van der Waals surface area contributed by atoms with Crippen molar-refractivity contribution in [2.45, 2.75) is 39.6 Å². The van der Waals surface area contributed by atoms with Gasteiger partial charge in [0, 0.05) is 0 Å². The Balaban J connectivity index is 2.41. The van der Waals surface area contributed by atoms with Gasteiger partial charge in [-0.1, -0.05) is 12.1 Å². The van der Waals surface area contributed by atoms with Crippen molar-refractivity contribution in [1.82, 2.24) is 0 Å². The van der Waals surface area contributed by atoms with Crippen LogP contribution in [-0.2, 0) is 20.9 Å². The highest BCUT2D eigenvalue weighted by molar-refractivity contribution is 5.74. The molecule has 0 aliphatic rings. The summed E-state index contributed by atoms with van der Waals surface area (Å²) in [4.78, 5) is 11.5. The molecule has 0 saturated heterocycles. The van der Waals surface area contributed by atoms with Crippen LogP contribution in [0.15, 0.2) is 24.3 Å². The Kier molecular flexibility index (Phi) is 5.65. The second-order valence-electron chi connectivity index (χ2n) is 4.29. The highest BCUT2D eigenvalue weighted by Crippen LogP contribution is 2.12. The third-order valence-electron chi connectivity index (χ3n) is 2.34. The maximum Gasteiger partial charge on any atom is 0.335 e. The molecule has 0 unspecified atom stereocenters. The van der Waals surface area contributed by atoms with E-state index < -0.39 is 6.10 Å². The summed E-state index contributed by atoms with van der Waals surface area (Å²) in [6.45, 7) is 5.69. The zero-order valence-corrected chi connectivity index (χ0v) is 11.3. The van der Waals surface area contributed by atoms with E-state index in [-0.39, 0.29) is 12.1 Å². The lowest BCUT2D eigenvalue weighted by Crippen LogP contribution is -2.25. The molecule has 0 aliphatic heterocycles. The topological polar surface area (TPSA) is 44.8 Å². The minimum atomic E-state index is -0.561. The number of benzene rings is 1. The van der Waals surface area contributed by atoms with E-state index in [0.29, 0.717) is 6.61 Å². The van der Waals surface area contributed by atoms with Gasteiger partial charge in [0.15, 0.2) is 6.10 Å². The van der Waals surface area contributed by atoms with Crippen molar-refractivity contribution >= 4 is 5.97 Å². The number of ether oxygens (including phenoxy) is 3. The first kappa shape index (κ1) is 14.5. The number of hydrogen-bond acceptors (Lipinski definition) is 4. The number of hydrogen-bond donors (Lipinski definition) is 0. The van der Waals surface area contributed by atoms with Gasteiger partial charge in [-0.25, -0.2) is 4.79 Å². The van der Waals surface area contributed by atoms with Crippen molar-refractivity contribution in [3.05, 3.63) is 29.8 Å². The van der Waals surface area contributed by atoms with Crippen LogP contribution < -0.4 is 4.74 Å². The Hall–Kier alpha value is -1.55. The van der Waals surface area contributed by atoms with E-state index in [2.05, 4.69) is 0 Å². The molecule has 0 N–H and O–H groups in total. The number of carbonyl (C=O) groups excluding carboxylic acids is 1. The van der Waals surface area contributed by atoms with Gasteiger partial charge in [0.2, 0.25) is 0 Å². The Morgan fingerprint density at radius 2 is 1.78 bits per heavy atom. The first-order valence-electron chi connectivity index (χ1n) is 5.98. The summed E-state index contributed by atoms with van der Waals surface area (Å²) < 4.78 is 15.6. The van der Waals surface area contributed by atoms with Crippen LogP contribution >= 0.6 is 0 Å². The molecule has 0 saturated carbocycles. The molecule has 0 amide bonds. The van der Waals surface area contributed by atoms with E-state index in [0.717, 1.165) is 11.3 Å². The van der Waals surface area contributed by atoms with Crippen molar-refractivity contribution in [2.24, 2.45) is 0 Å². The van der Waals surface area contributed by atoms with E-state index in [1.807, 2.05) is 38.1 Å². The molecule has 0 aliphatic carbocycles. The van der Waals surface area contributed by atoms with Crippen LogP contribution in [0.5, 0.6) is 5.75 Å². The Morgan fingerprint density at radius 3 is 2.28 bits per heavy atom. The molecule has 1 rings (SSSR count). The van der Waals surface area contributed by atoms with Crippen LogP contribution in [-0.4, -0.2) is 25.3 Å². The molecule has 0 spiro atoms. The number of esters is 1. The zero-order chi connectivity index (χ0) is 13.5. The first-order valence-corrected chi connectivity index (χ1v) is 5.98. The van der Waals surface area contributed by atoms with Crippen LogP contribution in [0.2, 0.25) is 0 Å². The molecule has 0 radical (unpaired) electrons. The van der Waals surface area contributed by atoms with Crippen molar-refractivity contribution in [1.29, 1.82) is 0 Å². The van der Waals surface area contributed by atoms with E-state index in [4.69, 9.17) is 14.2 Å². The predicted octanol–water partition coefficient (Wildman–Crippen LogP) is 2.55. The highest BCUT2D eigenvalue weighted by Gasteiger charge is 2.16. The monoisotopic (exact) mass is 252 g/mol. The van der Waals surface area contributed by atoms with Crippen molar-refractivity contribution in [3.8, 4) is 5.75 Å². The van der Waals surface area contributed by atoms with E-state index in [9.17, 15) is 4.79 Å². The zero-order valence-electron chi connectivity index (χ0n) is 11.3. The summed E-state index contributed by atoms with van der Waals surface area (Å²) in [7, 11) is 1.62. The van der Waals surface area contributed by atoms with Crippen molar-refractivity contribution in [3.63, 3.8) is 0 Å². The molecule has 100 valence electrons. The third kappa shape index (κ3) is 4.75. The highest BCUT2D eigenvalue weighted by atomic mass is 16.6. The van der Waals surface area contributed by atoms with E-state index in [1.165, 1.54) is 0 Å². The fourth-order valence-electron chi connectivity index (χ4n) is 1.34. The van der Waals surface area contributed by atoms with Crippen LogP contribution in [0.3, 0.4) is 0 Å². The fraction of sp³-hybridized carbons (Fsp3) is 0.500. The largest absolute Gasteiger partial charge is 0.497 e. The van der Waals surface area contributed by atoms with E-state index in [1.54, 1.807) is 14.0 Å². The molecule has 0 heterocycles. The number of rotatable bonds is 6. The standard InChI is InChI=1S/C14H20O4/c1-10(2)18-14(15)11(3)17-9-12-5-7-13(16-4)8-6-12/h5-8,10-11H,9H2,1-4H3/t11-/m0/s1. The molecule has 4 heteroatoms. The number of methoxy groups -OCH3 is 1. The van der Waals surface area contributed by atoms with Crippen LogP contribution in [0, 0.1) is 0 Å². The minimum absolute atomic E-state index is 0.121. The lowest BCUT2D eigenvalue weighted by Gasteiger charge is -2.14. The third-order valence-corrected chi connectivity index (χ3v) is 2.34. The number of carbonyl (C=O) groups is 1. The van der Waals surface area contributed by atoms with Gasteiger partial charge in [-0.3, -0.25) is 0 Å². The fourth-order valence-corrected chi connectivity index (χ4v) is 1.34. The van der Waals surface area contributed by atoms with Gasteiger partial charge in [-0.2, -0.15) is 0 Å². The Labute approximate surface area is 108 Å². The van der Waals surface area contributed by atoms with Crippen LogP contribution in [0.25, 0.3) is 0 Å². The van der Waals surface area contributed by atoms with Gasteiger partial charge < -0.3 is 14.2 Å². The molecule has 1 atom stereocenters. The second kappa shape index (κ2) is 7.01. The Bertz CT molecular complexity index is 370. The summed E-state index contributed by atoms with van der Waals surface area (Å²) in [6.07, 6.45) is -0.681. The average molecular weight is 252 g/mol. The SMILES string of the molecule is COc1ccc(CO[C@@H](C)C(=O)OC(C)C)cc1. The van der Waals surface area contributed by atoms with Gasteiger partial charge in [0.05, 0.1) is 19.8 Å². The van der Waals surface area contributed by atoms with Gasteiger partial charge in [0.1, 0.15) is 5.75 Å². The molecular weight excluding hydrogens is 232 g/mol. The van der Waals surface area contributed by atoms with Crippen LogP contribution in [0.4, 0.5) is 0 Å². The maximum atomic E-state index is 11.5. The molecule has 18 heavy (non-hydrogen) atoms.